The third-order valence-electron chi connectivity index (χ3n) is 11.6. The molecule has 10 aromatic carbocycles. The van der Waals surface area contributed by atoms with Crippen molar-refractivity contribution in [2.75, 3.05) is 0 Å². The Hall–Kier alpha value is -7.26. The van der Waals surface area contributed by atoms with Crippen LogP contribution in [-0.2, 0) is 0 Å². The van der Waals surface area contributed by atoms with Crippen LogP contribution in [-0.4, -0.2) is 14.5 Å². The molecule has 0 fully saturated rings. The van der Waals surface area contributed by atoms with E-state index in [1.54, 1.807) is 0 Å². The molecular formula is C54H30N2Se. The molecule has 0 aliphatic heterocycles. The Labute approximate surface area is 335 Å². The third-order valence-corrected chi connectivity index (χ3v) is 13.9. The van der Waals surface area contributed by atoms with Crippen LogP contribution in [0.2, 0.25) is 0 Å². The molecule has 1 aromatic heterocycles. The Morgan fingerprint density at radius 2 is 0.702 bits per heavy atom. The number of rotatable bonds is 4. The van der Waals surface area contributed by atoms with Gasteiger partial charge < -0.3 is 0 Å². The van der Waals surface area contributed by atoms with Crippen LogP contribution in [0.15, 0.2) is 182 Å². The van der Waals surface area contributed by atoms with E-state index in [9.17, 15) is 10.5 Å². The Balaban J connectivity index is 1.18. The Morgan fingerprint density at radius 1 is 0.316 bits per heavy atom. The fourth-order valence-electron chi connectivity index (χ4n) is 9.23. The van der Waals surface area contributed by atoms with E-state index in [2.05, 4.69) is 158 Å². The molecular weight excluding hydrogens is 756 g/mol. The molecule has 0 saturated carbocycles. The Kier molecular flexibility index (Phi) is 7.67. The molecule has 0 unspecified atom stereocenters. The van der Waals surface area contributed by atoms with E-state index < -0.39 is 0 Å². The van der Waals surface area contributed by atoms with Gasteiger partial charge in [-0.3, -0.25) is 0 Å². The summed E-state index contributed by atoms with van der Waals surface area (Å²) in [5.74, 6) is 0. The zero-order valence-corrected chi connectivity index (χ0v) is 32.3. The van der Waals surface area contributed by atoms with E-state index in [0.29, 0.717) is 11.1 Å². The minimum absolute atomic E-state index is 0.102. The van der Waals surface area contributed by atoms with Gasteiger partial charge in [0, 0.05) is 0 Å². The van der Waals surface area contributed by atoms with Crippen molar-refractivity contribution in [3.63, 3.8) is 0 Å². The van der Waals surface area contributed by atoms with Gasteiger partial charge in [-0.2, -0.15) is 0 Å². The van der Waals surface area contributed by atoms with E-state index in [0.717, 1.165) is 43.8 Å². The first-order valence-corrected chi connectivity index (χ1v) is 20.8. The van der Waals surface area contributed by atoms with Crippen LogP contribution in [0.25, 0.3) is 107 Å². The summed E-state index contributed by atoms with van der Waals surface area (Å²) in [6.07, 6.45) is 0. The van der Waals surface area contributed by atoms with Crippen LogP contribution >= 0.6 is 0 Å². The van der Waals surface area contributed by atoms with E-state index in [4.69, 9.17) is 0 Å². The van der Waals surface area contributed by atoms with Crippen molar-refractivity contribution < 1.29 is 0 Å². The van der Waals surface area contributed by atoms with Crippen LogP contribution in [0, 0.1) is 22.7 Å². The fraction of sp³-hybridized carbons (Fsp3) is 0. The Morgan fingerprint density at radius 3 is 1.16 bits per heavy atom. The number of nitrogens with zero attached hydrogens (tertiary/aromatic N) is 2. The fourth-order valence-corrected chi connectivity index (χ4v) is 11.7. The summed E-state index contributed by atoms with van der Waals surface area (Å²) in [6.45, 7) is 0. The van der Waals surface area contributed by atoms with Crippen molar-refractivity contribution in [2.24, 2.45) is 0 Å². The standard InChI is InChI=1S/C54H30N2Se/c55-31-34-14-1-3-16-36(34)51-40-20-7-5-18-38(40)50(39-19-6-8-21-41(39)51)33-28-29-46-49(30-33)57-48-27-13-26-47(54(46)48)53-44-24-11-9-22-42(44)52(43-23-10-12-25-45(43)53)37-17-4-2-15-35(37)32-56/h1-30H. The zero-order chi connectivity index (χ0) is 38.0. The third kappa shape index (κ3) is 5.01. The summed E-state index contributed by atoms with van der Waals surface area (Å²) in [6, 6.07) is 69.5. The van der Waals surface area contributed by atoms with Crippen molar-refractivity contribution in [3.05, 3.63) is 193 Å². The van der Waals surface area contributed by atoms with Crippen molar-refractivity contribution in [3.8, 4) is 56.6 Å². The van der Waals surface area contributed by atoms with Gasteiger partial charge in [-0.15, -0.1) is 0 Å². The Bertz CT molecular complexity index is 3440. The van der Waals surface area contributed by atoms with Gasteiger partial charge >= 0.3 is 337 Å². The summed E-state index contributed by atoms with van der Waals surface area (Å²) < 4.78 is 2.76. The van der Waals surface area contributed by atoms with Gasteiger partial charge in [-0.1, -0.05) is 0 Å². The SMILES string of the molecule is N#Cc1ccccc1-c1c2ccccc2c(-c2ccc3c(c2)[se]c2cccc(-c4c5ccccc5c(-c5ccccc5C#N)c5ccccc45)c23)c2ccccc12. The van der Waals surface area contributed by atoms with Crippen molar-refractivity contribution in [1.29, 1.82) is 10.5 Å². The number of fused-ring (bicyclic) bond motifs is 7. The average Bonchev–Trinajstić information content (AvgIpc) is 3.65. The van der Waals surface area contributed by atoms with Crippen LogP contribution < -0.4 is 0 Å². The van der Waals surface area contributed by atoms with E-state index >= 15 is 0 Å². The zero-order valence-electron chi connectivity index (χ0n) is 30.6. The minimum atomic E-state index is 0.102. The van der Waals surface area contributed by atoms with Gasteiger partial charge in [0.05, 0.1) is 0 Å². The molecule has 2 nitrogen and oxygen atoms in total. The normalized spacial score (nSPS) is 11.5. The van der Waals surface area contributed by atoms with Crippen LogP contribution in [0.4, 0.5) is 0 Å². The van der Waals surface area contributed by atoms with Gasteiger partial charge in [0.2, 0.25) is 0 Å². The molecule has 262 valence electrons. The molecule has 0 amide bonds. The molecule has 0 radical (unpaired) electrons. The molecule has 0 N–H and O–H groups in total. The van der Waals surface area contributed by atoms with Gasteiger partial charge in [-0.25, -0.2) is 0 Å². The maximum absolute atomic E-state index is 10.2. The number of benzene rings is 10. The van der Waals surface area contributed by atoms with Crippen molar-refractivity contribution in [2.45, 2.75) is 0 Å². The van der Waals surface area contributed by atoms with Gasteiger partial charge in [0.15, 0.2) is 0 Å². The summed E-state index contributed by atoms with van der Waals surface area (Å²) >= 11 is 0.102. The predicted octanol–water partition coefficient (Wildman–Crippen LogP) is 14.1. The summed E-state index contributed by atoms with van der Waals surface area (Å²) in [5, 5.41) is 32.2. The maximum atomic E-state index is 10.2. The second kappa shape index (κ2) is 13.2. The summed E-state index contributed by atoms with van der Waals surface area (Å²) in [7, 11) is 0. The van der Waals surface area contributed by atoms with Gasteiger partial charge in [0.25, 0.3) is 0 Å². The van der Waals surface area contributed by atoms with E-state index in [-0.39, 0.29) is 14.5 Å². The average molecular weight is 786 g/mol. The van der Waals surface area contributed by atoms with Gasteiger partial charge in [0.1, 0.15) is 0 Å². The second-order valence-electron chi connectivity index (χ2n) is 14.5. The molecule has 0 spiro atoms. The number of hydrogen-bond donors (Lipinski definition) is 0. The molecule has 0 saturated heterocycles. The first-order valence-electron chi connectivity index (χ1n) is 19.1. The quantitative estimate of drug-likeness (QED) is 0.132. The number of hydrogen-bond acceptors (Lipinski definition) is 2. The van der Waals surface area contributed by atoms with Crippen LogP contribution in [0.3, 0.4) is 0 Å². The summed E-state index contributed by atoms with van der Waals surface area (Å²) in [4.78, 5) is 0. The molecule has 0 aliphatic carbocycles. The van der Waals surface area contributed by atoms with Crippen molar-refractivity contribution >= 4 is 76.9 Å². The van der Waals surface area contributed by atoms with Crippen LogP contribution in [0.1, 0.15) is 11.1 Å². The van der Waals surface area contributed by atoms with E-state index in [1.807, 2.05) is 36.4 Å². The first kappa shape index (κ1) is 33.1. The molecule has 0 bridgehead atoms. The predicted molar refractivity (Wildman–Crippen MR) is 240 cm³/mol. The first-order chi connectivity index (χ1) is 28.2. The second-order valence-corrected chi connectivity index (χ2v) is 16.8. The monoisotopic (exact) mass is 786 g/mol. The van der Waals surface area contributed by atoms with E-state index in [1.165, 1.54) is 63.1 Å². The van der Waals surface area contributed by atoms with Gasteiger partial charge in [-0.05, 0) is 0 Å². The molecule has 11 rings (SSSR count). The molecule has 3 heteroatoms. The summed E-state index contributed by atoms with van der Waals surface area (Å²) in [5.41, 5.74) is 10.4. The molecule has 57 heavy (non-hydrogen) atoms. The molecule has 0 atom stereocenters. The molecule has 1 heterocycles. The van der Waals surface area contributed by atoms with Crippen LogP contribution in [0.5, 0.6) is 0 Å². The molecule has 11 aromatic rings. The van der Waals surface area contributed by atoms with Crippen molar-refractivity contribution in [1.82, 2.24) is 0 Å². The topological polar surface area (TPSA) is 47.6 Å². The number of nitriles is 2. The molecule has 0 aliphatic rings.